The summed E-state index contributed by atoms with van der Waals surface area (Å²) in [6.45, 7) is 7.58. The van der Waals surface area contributed by atoms with Crippen LogP contribution in [0.15, 0.2) is 42.5 Å². The van der Waals surface area contributed by atoms with Crippen LogP contribution in [-0.4, -0.2) is 12.1 Å². The number of hydrogen-bond acceptors (Lipinski definition) is 2. The number of ether oxygens (including phenoxy) is 1. The third-order valence-electron chi connectivity index (χ3n) is 1.95. The minimum Gasteiger partial charge on any atom is -0.459 e. The molecule has 1 rings (SSSR count). The number of hydrogen-bond donors (Lipinski definition) is 0. The number of esters is 1. The summed E-state index contributed by atoms with van der Waals surface area (Å²) < 4.78 is 5.25. The lowest BCUT2D eigenvalue weighted by Crippen LogP contribution is -2.15. The smallest absolute Gasteiger partial charge is 0.338 e. The zero-order chi connectivity index (χ0) is 11.3. The molecule has 1 atom stereocenters. The van der Waals surface area contributed by atoms with Crippen LogP contribution in [0.25, 0.3) is 0 Å². The van der Waals surface area contributed by atoms with Crippen LogP contribution >= 0.6 is 0 Å². The average molecular weight is 204 g/mol. The van der Waals surface area contributed by atoms with Gasteiger partial charge in [-0.15, -0.1) is 6.58 Å². The average Bonchev–Trinajstić information content (AvgIpc) is 2.17. The maximum Gasteiger partial charge on any atom is 0.338 e. The van der Waals surface area contributed by atoms with Gasteiger partial charge in [-0.2, -0.15) is 0 Å². The molecule has 0 aromatic heterocycles. The van der Waals surface area contributed by atoms with Gasteiger partial charge in [0.25, 0.3) is 0 Å². The molecule has 2 heteroatoms. The Morgan fingerprint density at radius 1 is 1.40 bits per heavy atom. The summed E-state index contributed by atoms with van der Waals surface area (Å²) in [5.74, 6) is -0.274. The monoisotopic (exact) mass is 204 g/mol. The van der Waals surface area contributed by atoms with Crippen LogP contribution in [0.1, 0.15) is 30.6 Å². The van der Waals surface area contributed by atoms with Crippen LogP contribution in [0.5, 0.6) is 0 Å². The minimum absolute atomic E-state index is 0.116. The Labute approximate surface area is 90.6 Å². The van der Waals surface area contributed by atoms with Crippen LogP contribution in [-0.2, 0) is 4.74 Å². The Morgan fingerprint density at radius 2 is 2.00 bits per heavy atom. The van der Waals surface area contributed by atoms with Crippen molar-refractivity contribution in [3.05, 3.63) is 48.0 Å². The Bertz CT molecular complexity index is 341. The normalized spacial score (nSPS) is 11.9. The summed E-state index contributed by atoms with van der Waals surface area (Å²) in [5, 5.41) is 0. The second-order valence-electron chi connectivity index (χ2n) is 3.74. The Morgan fingerprint density at radius 3 is 2.53 bits per heavy atom. The van der Waals surface area contributed by atoms with Gasteiger partial charge in [-0.1, -0.05) is 23.8 Å². The van der Waals surface area contributed by atoms with E-state index in [4.69, 9.17) is 4.74 Å². The third-order valence-corrected chi connectivity index (χ3v) is 1.95. The van der Waals surface area contributed by atoms with E-state index < -0.39 is 0 Å². The van der Waals surface area contributed by atoms with Crippen molar-refractivity contribution in [3.8, 4) is 0 Å². The molecule has 80 valence electrons. The van der Waals surface area contributed by atoms with E-state index in [2.05, 4.69) is 6.58 Å². The summed E-state index contributed by atoms with van der Waals surface area (Å²) >= 11 is 0. The highest BCUT2D eigenvalue weighted by Gasteiger charge is 2.10. The van der Waals surface area contributed by atoms with E-state index in [9.17, 15) is 4.79 Å². The van der Waals surface area contributed by atoms with Gasteiger partial charge in [0.2, 0.25) is 0 Å². The maximum atomic E-state index is 11.6. The lowest BCUT2D eigenvalue weighted by Gasteiger charge is -2.12. The molecule has 0 unspecified atom stereocenters. The van der Waals surface area contributed by atoms with Gasteiger partial charge in [0.1, 0.15) is 6.10 Å². The molecule has 0 aliphatic heterocycles. The van der Waals surface area contributed by atoms with E-state index in [1.165, 1.54) is 0 Å². The number of carbonyl (C=O) groups is 1. The molecule has 2 nitrogen and oxygen atoms in total. The zero-order valence-electron chi connectivity index (χ0n) is 9.19. The standard InChI is InChI=1S/C13H16O2/c1-10(2)9-11(3)15-13(14)12-7-5-4-6-8-12/h4-8,11H,1,9H2,2-3H3/t11-/m0/s1. The predicted molar refractivity (Wildman–Crippen MR) is 60.8 cm³/mol. The molecule has 0 bridgehead atoms. The van der Waals surface area contributed by atoms with Crippen molar-refractivity contribution < 1.29 is 9.53 Å². The first kappa shape index (κ1) is 11.5. The van der Waals surface area contributed by atoms with Gasteiger partial charge in [-0.3, -0.25) is 0 Å². The van der Waals surface area contributed by atoms with Crippen LogP contribution < -0.4 is 0 Å². The Kier molecular flexibility index (Phi) is 4.10. The number of carbonyl (C=O) groups excluding carboxylic acids is 1. The van der Waals surface area contributed by atoms with Gasteiger partial charge in [-0.05, 0) is 26.0 Å². The molecular weight excluding hydrogens is 188 g/mol. The fraction of sp³-hybridized carbons (Fsp3) is 0.308. The van der Waals surface area contributed by atoms with Crippen molar-refractivity contribution in [2.75, 3.05) is 0 Å². The van der Waals surface area contributed by atoms with E-state index in [1.807, 2.05) is 32.0 Å². The molecule has 0 spiro atoms. The van der Waals surface area contributed by atoms with Crippen molar-refractivity contribution in [1.82, 2.24) is 0 Å². The van der Waals surface area contributed by atoms with Gasteiger partial charge in [0.05, 0.1) is 5.56 Å². The van der Waals surface area contributed by atoms with Crippen molar-refractivity contribution >= 4 is 5.97 Å². The second-order valence-corrected chi connectivity index (χ2v) is 3.74. The molecule has 0 aliphatic rings. The molecule has 0 heterocycles. The van der Waals surface area contributed by atoms with Crippen molar-refractivity contribution in [3.63, 3.8) is 0 Å². The van der Waals surface area contributed by atoms with Gasteiger partial charge in [0.15, 0.2) is 0 Å². The lowest BCUT2D eigenvalue weighted by atomic mass is 10.1. The van der Waals surface area contributed by atoms with Crippen LogP contribution in [0.4, 0.5) is 0 Å². The molecule has 0 amide bonds. The van der Waals surface area contributed by atoms with Crippen LogP contribution in [0.3, 0.4) is 0 Å². The minimum atomic E-state index is -0.274. The first-order chi connectivity index (χ1) is 7.09. The summed E-state index contributed by atoms with van der Waals surface area (Å²) in [6.07, 6.45) is 0.591. The first-order valence-corrected chi connectivity index (χ1v) is 5.00. The van der Waals surface area contributed by atoms with E-state index >= 15 is 0 Å². The second kappa shape index (κ2) is 5.35. The molecule has 0 fully saturated rings. The maximum absolute atomic E-state index is 11.6. The fourth-order valence-electron chi connectivity index (χ4n) is 1.36. The Hall–Kier alpha value is -1.57. The topological polar surface area (TPSA) is 26.3 Å². The lowest BCUT2D eigenvalue weighted by molar-refractivity contribution is 0.0343. The molecule has 0 saturated carbocycles. The highest BCUT2D eigenvalue weighted by Crippen LogP contribution is 2.09. The Balaban J connectivity index is 2.53. The predicted octanol–water partition coefficient (Wildman–Crippen LogP) is 3.20. The van der Waals surface area contributed by atoms with Gasteiger partial charge in [0, 0.05) is 6.42 Å². The molecular formula is C13H16O2. The largest absolute Gasteiger partial charge is 0.459 e. The summed E-state index contributed by atoms with van der Waals surface area (Å²) in [6, 6.07) is 9.00. The van der Waals surface area contributed by atoms with Crippen molar-refractivity contribution in [2.45, 2.75) is 26.4 Å². The number of benzene rings is 1. The SMILES string of the molecule is C=C(C)C[C@H](C)OC(=O)c1ccccc1. The highest BCUT2D eigenvalue weighted by molar-refractivity contribution is 5.89. The van der Waals surface area contributed by atoms with E-state index in [1.54, 1.807) is 12.1 Å². The zero-order valence-corrected chi connectivity index (χ0v) is 9.19. The van der Waals surface area contributed by atoms with Crippen LogP contribution in [0.2, 0.25) is 0 Å². The number of rotatable bonds is 4. The first-order valence-electron chi connectivity index (χ1n) is 5.00. The fourth-order valence-corrected chi connectivity index (χ4v) is 1.36. The molecule has 15 heavy (non-hydrogen) atoms. The molecule has 0 saturated heterocycles. The van der Waals surface area contributed by atoms with E-state index in [-0.39, 0.29) is 12.1 Å². The molecule has 0 aliphatic carbocycles. The highest BCUT2D eigenvalue weighted by atomic mass is 16.5. The van der Waals surface area contributed by atoms with Crippen molar-refractivity contribution in [1.29, 1.82) is 0 Å². The van der Waals surface area contributed by atoms with Crippen molar-refractivity contribution in [2.24, 2.45) is 0 Å². The molecule has 0 radical (unpaired) electrons. The van der Waals surface area contributed by atoms with Gasteiger partial charge in [-0.25, -0.2) is 4.79 Å². The molecule has 1 aromatic carbocycles. The molecule has 1 aromatic rings. The summed E-state index contributed by atoms with van der Waals surface area (Å²) in [7, 11) is 0. The molecule has 0 N–H and O–H groups in total. The third kappa shape index (κ3) is 3.98. The summed E-state index contributed by atoms with van der Waals surface area (Å²) in [4.78, 5) is 11.6. The van der Waals surface area contributed by atoms with Gasteiger partial charge < -0.3 is 4.74 Å². The van der Waals surface area contributed by atoms with Gasteiger partial charge >= 0.3 is 5.97 Å². The van der Waals surface area contributed by atoms with E-state index in [0.717, 1.165) is 5.57 Å². The summed E-state index contributed by atoms with van der Waals surface area (Å²) in [5.41, 5.74) is 1.61. The van der Waals surface area contributed by atoms with E-state index in [0.29, 0.717) is 12.0 Å². The van der Waals surface area contributed by atoms with Crippen LogP contribution in [0, 0.1) is 0 Å². The quantitative estimate of drug-likeness (QED) is 0.556.